The molecule has 0 spiro atoms. The lowest BCUT2D eigenvalue weighted by atomic mass is 10.2. The first-order chi connectivity index (χ1) is 6.81. The maximum Gasteiger partial charge on any atom is 0.227 e. The van der Waals surface area contributed by atoms with Gasteiger partial charge in [0.25, 0.3) is 0 Å². The van der Waals surface area contributed by atoms with E-state index in [9.17, 15) is 4.79 Å². The van der Waals surface area contributed by atoms with Crippen LogP contribution in [-0.4, -0.2) is 11.0 Å². The van der Waals surface area contributed by atoms with Gasteiger partial charge < -0.3 is 10.4 Å². The van der Waals surface area contributed by atoms with Crippen molar-refractivity contribution in [2.24, 2.45) is 5.92 Å². The Morgan fingerprint density at radius 3 is 2.79 bits per heavy atom. The highest BCUT2D eigenvalue weighted by Crippen LogP contribution is 2.30. The Balaban J connectivity index is 2.10. The molecule has 0 aromatic heterocycles. The predicted molar refractivity (Wildman–Crippen MR) is 53.7 cm³/mol. The van der Waals surface area contributed by atoms with Crippen LogP contribution in [0.5, 0.6) is 0 Å². The predicted octanol–water partition coefficient (Wildman–Crippen LogP) is 1.53. The monoisotopic (exact) mass is 191 g/mol. The Morgan fingerprint density at radius 1 is 1.43 bits per heavy atom. The summed E-state index contributed by atoms with van der Waals surface area (Å²) in [6, 6.07) is 7.31. The quantitative estimate of drug-likeness (QED) is 0.761. The smallest absolute Gasteiger partial charge is 0.227 e. The van der Waals surface area contributed by atoms with Crippen LogP contribution in [0.2, 0.25) is 0 Å². The van der Waals surface area contributed by atoms with Crippen molar-refractivity contribution < 1.29 is 9.90 Å². The lowest BCUT2D eigenvalue weighted by molar-refractivity contribution is -0.117. The van der Waals surface area contributed by atoms with Gasteiger partial charge in [-0.2, -0.15) is 0 Å². The molecule has 1 aromatic rings. The number of nitrogens with one attached hydrogen (secondary N) is 1. The van der Waals surface area contributed by atoms with Crippen LogP contribution in [0.3, 0.4) is 0 Å². The number of benzene rings is 1. The molecule has 1 aliphatic rings. The van der Waals surface area contributed by atoms with Gasteiger partial charge in [0, 0.05) is 17.2 Å². The molecule has 0 unspecified atom stereocenters. The average molecular weight is 191 g/mol. The van der Waals surface area contributed by atoms with Crippen LogP contribution >= 0.6 is 0 Å². The van der Waals surface area contributed by atoms with Gasteiger partial charge in [-0.25, -0.2) is 0 Å². The van der Waals surface area contributed by atoms with Crippen LogP contribution in [0.25, 0.3) is 0 Å². The summed E-state index contributed by atoms with van der Waals surface area (Å²) >= 11 is 0. The van der Waals surface area contributed by atoms with E-state index >= 15 is 0 Å². The van der Waals surface area contributed by atoms with E-state index in [2.05, 4.69) is 5.32 Å². The highest BCUT2D eigenvalue weighted by Gasteiger charge is 2.29. The normalized spacial score (nSPS) is 15.2. The molecular weight excluding hydrogens is 178 g/mol. The molecule has 2 rings (SSSR count). The number of hydrogen-bond donors (Lipinski definition) is 2. The van der Waals surface area contributed by atoms with E-state index in [0.717, 1.165) is 24.1 Å². The van der Waals surface area contributed by atoms with E-state index in [4.69, 9.17) is 5.11 Å². The summed E-state index contributed by atoms with van der Waals surface area (Å²) in [6.45, 7) is -0.0406. The molecule has 0 radical (unpaired) electrons. The Bertz CT molecular complexity index is 345. The minimum Gasteiger partial charge on any atom is -0.392 e. The van der Waals surface area contributed by atoms with E-state index in [-0.39, 0.29) is 18.4 Å². The fourth-order valence-corrected chi connectivity index (χ4v) is 1.36. The summed E-state index contributed by atoms with van der Waals surface area (Å²) in [5, 5.41) is 11.9. The number of hydrogen-bond acceptors (Lipinski definition) is 2. The third-order valence-electron chi connectivity index (χ3n) is 2.39. The second kappa shape index (κ2) is 3.80. The fourth-order valence-electron chi connectivity index (χ4n) is 1.36. The van der Waals surface area contributed by atoms with Crippen molar-refractivity contribution >= 4 is 11.6 Å². The van der Waals surface area contributed by atoms with E-state index in [0.29, 0.717) is 0 Å². The Hall–Kier alpha value is -1.35. The lowest BCUT2D eigenvalue weighted by Crippen LogP contribution is -2.14. The van der Waals surface area contributed by atoms with Crippen LogP contribution in [0, 0.1) is 5.92 Å². The largest absolute Gasteiger partial charge is 0.392 e. The van der Waals surface area contributed by atoms with Gasteiger partial charge in [0.2, 0.25) is 5.91 Å². The van der Waals surface area contributed by atoms with Gasteiger partial charge in [0.05, 0.1) is 6.61 Å². The molecule has 1 amide bonds. The SMILES string of the molecule is O=C(Nc1ccccc1CO)C1CC1. The number of para-hydroxylation sites is 1. The zero-order chi connectivity index (χ0) is 9.97. The molecule has 0 heterocycles. The van der Waals surface area contributed by atoms with Crippen LogP contribution in [0.1, 0.15) is 18.4 Å². The van der Waals surface area contributed by atoms with Crippen molar-refractivity contribution in [1.82, 2.24) is 0 Å². The van der Waals surface area contributed by atoms with E-state index < -0.39 is 0 Å². The van der Waals surface area contributed by atoms with Crippen molar-refractivity contribution in [3.63, 3.8) is 0 Å². The van der Waals surface area contributed by atoms with Crippen molar-refractivity contribution in [3.05, 3.63) is 29.8 Å². The van der Waals surface area contributed by atoms with Gasteiger partial charge in [-0.05, 0) is 18.9 Å². The maximum atomic E-state index is 11.5. The molecule has 1 saturated carbocycles. The second-order valence-corrected chi connectivity index (χ2v) is 3.58. The van der Waals surface area contributed by atoms with Crippen molar-refractivity contribution in [2.75, 3.05) is 5.32 Å². The molecule has 14 heavy (non-hydrogen) atoms. The van der Waals surface area contributed by atoms with Gasteiger partial charge in [0.15, 0.2) is 0 Å². The summed E-state index contributed by atoms with van der Waals surface area (Å²) in [4.78, 5) is 11.5. The number of rotatable bonds is 3. The Morgan fingerprint density at radius 2 is 2.14 bits per heavy atom. The summed E-state index contributed by atoms with van der Waals surface area (Å²) in [5.74, 6) is 0.271. The Labute approximate surface area is 82.8 Å². The molecule has 0 bridgehead atoms. The molecule has 74 valence electrons. The molecule has 1 aromatic carbocycles. The van der Waals surface area contributed by atoms with E-state index in [1.54, 1.807) is 0 Å². The molecule has 1 fully saturated rings. The molecule has 0 aliphatic heterocycles. The van der Waals surface area contributed by atoms with Crippen molar-refractivity contribution in [3.8, 4) is 0 Å². The van der Waals surface area contributed by atoms with Crippen LogP contribution in [-0.2, 0) is 11.4 Å². The average Bonchev–Trinajstić information content (AvgIpc) is 3.02. The highest BCUT2D eigenvalue weighted by molar-refractivity contribution is 5.94. The number of aliphatic hydroxyl groups is 1. The minimum atomic E-state index is -0.0406. The molecule has 3 heteroatoms. The van der Waals surface area contributed by atoms with Gasteiger partial charge in [-0.15, -0.1) is 0 Å². The first-order valence-electron chi connectivity index (χ1n) is 4.81. The molecule has 0 atom stereocenters. The van der Waals surface area contributed by atoms with Crippen LogP contribution in [0.4, 0.5) is 5.69 Å². The molecule has 1 aliphatic carbocycles. The third kappa shape index (κ3) is 1.93. The Kier molecular flexibility index (Phi) is 2.50. The van der Waals surface area contributed by atoms with Crippen molar-refractivity contribution in [1.29, 1.82) is 0 Å². The van der Waals surface area contributed by atoms with Crippen LogP contribution < -0.4 is 5.32 Å². The number of aliphatic hydroxyl groups excluding tert-OH is 1. The molecular formula is C11H13NO2. The third-order valence-corrected chi connectivity index (χ3v) is 2.39. The zero-order valence-corrected chi connectivity index (χ0v) is 7.86. The molecule has 0 saturated heterocycles. The molecule has 2 N–H and O–H groups in total. The second-order valence-electron chi connectivity index (χ2n) is 3.58. The summed E-state index contributed by atoms with van der Waals surface area (Å²) < 4.78 is 0. The van der Waals surface area contributed by atoms with Crippen LogP contribution in [0.15, 0.2) is 24.3 Å². The highest BCUT2D eigenvalue weighted by atomic mass is 16.3. The van der Waals surface area contributed by atoms with E-state index in [1.807, 2.05) is 24.3 Å². The van der Waals surface area contributed by atoms with Gasteiger partial charge >= 0.3 is 0 Å². The number of amides is 1. The number of anilines is 1. The van der Waals surface area contributed by atoms with Gasteiger partial charge in [-0.1, -0.05) is 18.2 Å². The first kappa shape index (κ1) is 9.21. The van der Waals surface area contributed by atoms with Gasteiger partial charge in [-0.3, -0.25) is 4.79 Å². The lowest BCUT2D eigenvalue weighted by Gasteiger charge is -2.08. The first-order valence-corrected chi connectivity index (χ1v) is 4.81. The van der Waals surface area contributed by atoms with E-state index in [1.165, 1.54) is 0 Å². The number of carbonyl (C=O) groups excluding carboxylic acids is 1. The topological polar surface area (TPSA) is 49.3 Å². The standard InChI is InChI=1S/C11H13NO2/c13-7-9-3-1-2-4-10(9)12-11(14)8-5-6-8/h1-4,8,13H,5-7H2,(H,12,14). The fraction of sp³-hybridized carbons (Fsp3) is 0.364. The zero-order valence-electron chi connectivity index (χ0n) is 7.86. The van der Waals surface area contributed by atoms with Gasteiger partial charge in [0.1, 0.15) is 0 Å². The summed E-state index contributed by atoms with van der Waals surface area (Å²) in [5.41, 5.74) is 1.49. The number of carbonyl (C=O) groups is 1. The summed E-state index contributed by atoms with van der Waals surface area (Å²) in [6.07, 6.45) is 1.99. The summed E-state index contributed by atoms with van der Waals surface area (Å²) in [7, 11) is 0. The minimum absolute atomic E-state index is 0.0406. The molecule has 3 nitrogen and oxygen atoms in total. The van der Waals surface area contributed by atoms with Crippen molar-refractivity contribution in [2.45, 2.75) is 19.4 Å². The maximum absolute atomic E-state index is 11.5.